The summed E-state index contributed by atoms with van der Waals surface area (Å²) in [5.74, 6) is 0. The van der Waals surface area contributed by atoms with Crippen LogP contribution >= 0.6 is 0 Å². The van der Waals surface area contributed by atoms with Crippen LogP contribution in [0, 0.1) is 5.41 Å². The molecule has 0 spiro atoms. The zero-order valence-electron chi connectivity index (χ0n) is 9.88. The van der Waals surface area contributed by atoms with Crippen LogP contribution in [-0.4, -0.2) is 11.7 Å². The molecule has 0 heterocycles. The van der Waals surface area contributed by atoms with E-state index in [1.165, 1.54) is 0 Å². The van der Waals surface area contributed by atoms with E-state index in [1.807, 2.05) is 51.1 Å². The van der Waals surface area contributed by atoms with E-state index in [0.717, 1.165) is 5.56 Å². The number of azide groups is 1. The minimum Gasteiger partial charge on any atom is -0.384 e. The minimum atomic E-state index is -1.14. The molecule has 0 bridgehead atoms. The van der Waals surface area contributed by atoms with Crippen molar-refractivity contribution in [1.29, 1.82) is 0 Å². The largest absolute Gasteiger partial charge is 0.384 e. The van der Waals surface area contributed by atoms with Crippen LogP contribution in [0.1, 0.15) is 26.3 Å². The van der Waals surface area contributed by atoms with E-state index in [2.05, 4.69) is 10.0 Å². The van der Waals surface area contributed by atoms with Gasteiger partial charge in [-0.3, -0.25) is 0 Å². The Morgan fingerprint density at radius 3 is 2.25 bits per heavy atom. The van der Waals surface area contributed by atoms with Crippen molar-refractivity contribution in [3.8, 4) is 0 Å². The maximum absolute atomic E-state index is 10.7. The van der Waals surface area contributed by atoms with Crippen LogP contribution in [0.25, 0.3) is 10.4 Å². The van der Waals surface area contributed by atoms with Crippen molar-refractivity contribution >= 4 is 0 Å². The number of hydrogen-bond acceptors (Lipinski definition) is 2. The van der Waals surface area contributed by atoms with E-state index < -0.39 is 11.0 Å². The van der Waals surface area contributed by atoms with Gasteiger partial charge < -0.3 is 5.11 Å². The Kier molecular flexibility index (Phi) is 3.58. The summed E-state index contributed by atoms with van der Waals surface area (Å²) in [5, 5.41) is 14.2. The molecule has 86 valence electrons. The molecular formula is C12H17N3O. The quantitative estimate of drug-likeness (QED) is 0.473. The molecule has 1 aromatic carbocycles. The second-order valence-corrected chi connectivity index (χ2v) is 4.87. The summed E-state index contributed by atoms with van der Waals surface area (Å²) in [6, 6.07) is 9.31. The number of benzene rings is 1. The molecule has 1 N–H and O–H groups in total. The van der Waals surface area contributed by atoms with Crippen molar-refractivity contribution in [1.82, 2.24) is 0 Å². The molecule has 4 nitrogen and oxygen atoms in total. The van der Waals surface area contributed by atoms with Crippen LogP contribution < -0.4 is 0 Å². The first-order valence-corrected chi connectivity index (χ1v) is 5.20. The van der Waals surface area contributed by atoms with E-state index in [4.69, 9.17) is 5.53 Å². The number of rotatable bonds is 3. The van der Waals surface area contributed by atoms with Crippen LogP contribution in [0.3, 0.4) is 0 Å². The van der Waals surface area contributed by atoms with Gasteiger partial charge in [-0.15, -0.1) is 0 Å². The molecule has 4 heteroatoms. The monoisotopic (exact) mass is 219 g/mol. The fourth-order valence-electron chi connectivity index (χ4n) is 1.61. The van der Waals surface area contributed by atoms with Gasteiger partial charge in [0.15, 0.2) is 0 Å². The van der Waals surface area contributed by atoms with Crippen molar-refractivity contribution < 1.29 is 5.11 Å². The SMILES string of the molecule is CC(C)(C)C(O)(CN=[N+]=[N-])c1ccccc1. The third-order valence-electron chi connectivity index (χ3n) is 2.85. The molecular weight excluding hydrogens is 202 g/mol. The van der Waals surface area contributed by atoms with E-state index in [-0.39, 0.29) is 6.54 Å². The van der Waals surface area contributed by atoms with Crippen molar-refractivity contribution in [3.63, 3.8) is 0 Å². The van der Waals surface area contributed by atoms with Gasteiger partial charge in [-0.1, -0.05) is 56.2 Å². The zero-order chi connectivity index (χ0) is 12.2. The first kappa shape index (κ1) is 12.6. The lowest BCUT2D eigenvalue weighted by Crippen LogP contribution is -2.42. The van der Waals surface area contributed by atoms with Crippen molar-refractivity contribution in [3.05, 3.63) is 46.3 Å². The van der Waals surface area contributed by atoms with Gasteiger partial charge in [0.1, 0.15) is 5.60 Å². The van der Waals surface area contributed by atoms with Crippen LogP contribution in [0.2, 0.25) is 0 Å². The molecule has 0 fully saturated rings. The lowest BCUT2D eigenvalue weighted by atomic mass is 9.72. The lowest BCUT2D eigenvalue weighted by Gasteiger charge is -2.39. The standard InChI is InChI=1S/C12H17N3O/c1-11(2,3)12(16,9-14-15-13)10-7-5-4-6-8-10/h4-8,16H,9H2,1-3H3. The zero-order valence-corrected chi connectivity index (χ0v) is 9.88. The molecule has 1 unspecified atom stereocenters. The van der Waals surface area contributed by atoms with E-state index >= 15 is 0 Å². The number of hydrogen-bond donors (Lipinski definition) is 1. The third-order valence-corrected chi connectivity index (χ3v) is 2.85. The molecule has 0 aliphatic heterocycles. The maximum atomic E-state index is 10.7. The van der Waals surface area contributed by atoms with Gasteiger partial charge in [0.25, 0.3) is 0 Å². The predicted octanol–water partition coefficient (Wildman–Crippen LogP) is 3.23. The second-order valence-electron chi connectivity index (χ2n) is 4.87. The maximum Gasteiger partial charge on any atom is 0.100 e. The highest BCUT2D eigenvalue weighted by Gasteiger charge is 2.40. The van der Waals surface area contributed by atoms with E-state index in [1.54, 1.807) is 0 Å². The van der Waals surface area contributed by atoms with Crippen LogP contribution in [0.15, 0.2) is 35.4 Å². The van der Waals surface area contributed by atoms with Crippen LogP contribution in [0.5, 0.6) is 0 Å². The highest BCUT2D eigenvalue weighted by atomic mass is 16.3. The molecule has 0 amide bonds. The Balaban J connectivity index is 3.20. The van der Waals surface area contributed by atoms with Crippen molar-refractivity contribution in [2.75, 3.05) is 6.54 Å². The molecule has 1 aromatic rings. The Bertz CT molecular complexity index is 390. The lowest BCUT2D eigenvalue weighted by molar-refractivity contribution is -0.0556. The Morgan fingerprint density at radius 2 is 1.81 bits per heavy atom. The number of aliphatic hydroxyl groups is 1. The summed E-state index contributed by atoms with van der Waals surface area (Å²) in [4.78, 5) is 2.72. The first-order chi connectivity index (χ1) is 7.42. The minimum absolute atomic E-state index is 0.0387. The molecule has 0 saturated heterocycles. The molecule has 0 radical (unpaired) electrons. The van der Waals surface area contributed by atoms with Crippen LogP contribution in [-0.2, 0) is 5.60 Å². The smallest absolute Gasteiger partial charge is 0.100 e. The van der Waals surface area contributed by atoms with Gasteiger partial charge in [-0.05, 0) is 16.5 Å². The number of nitrogens with zero attached hydrogens (tertiary/aromatic N) is 3. The summed E-state index contributed by atoms with van der Waals surface area (Å²) in [5.41, 5.74) is 7.62. The Hall–Kier alpha value is -1.51. The normalized spacial score (nSPS) is 15.0. The summed E-state index contributed by atoms with van der Waals surface area (Å²) in [6.07, 6.45) is 0. The van der Waals surface area contributed by atoms with Crippen molar-refractivity contribution in [2.24, 2.45) is 10.5 Å². The van der Waals surface area contributed by atoms with Crippen molar-refractivity contribution in [2.45, 2.75) is 26.4 Å². The molecule has 1 rings (SSSR count). The molecule has 16 heavy (non-hydrogen) atoms. The van der Waals surface area contributed by atoms with Crippen LogP contribution in [0.4, 0.5) is 0 Å². The molecule has 0 aliphatic rings. The van der Waals surface area contributed by atoms with E-state index in [9.17, 15) is 5.11 Å². The summed E-state index contributed by atoms with van der Waals surface area (Å²) < 4.78 is 0. The second kappa shape index (κ2) is 4.56. The third kappa shape index (κ3) is 2.35. The fraction of sp³-hybridized carbons (Fsp3) is 0.500. The highest BCUT2D eigenvalue weighted by Crippen LogP contribution is 2.39. The average Bonchev–Trinajstić information content (AvgIpc) is 2.25. The summed E-state index contributed by atoms with van der Waals surface area (Å²) >= 11 is 0. The predicted molar refractivity (Wildman–Crippen MR) is 63.8 cm³/mol. The average molecular weight is 219 g/mol. The van der Waals surface area contributed by atoms with Gasteiger partial charge in [0, 0.05) is 4.91 Å². The fourth-order valence-corrected chi connectivity index (χ4v) is 1.61. The molecule has 1 atom stereocenters. The first-order valence-electron chi connectivity index (χ1n) is 5.20. The van der Waals surface area contributed by atoms with Gasteiger partial charge >= 0.3 is 0 Å². The molecule has 0 aromatic heterocycles. The Morgan fingerprint density at radius 1 is 1.25 bits per heavy atom. The van der Waals surface area contributed by atoms with Gasteiger partial charge in [0.2, 0.25) is 0 Å². The topological polar surface area (TPSA) is 69.0 Å². The van der Waals surface area contributed by atoms with Gasteiger partial charge in [-0.25, -0.2) is 0 Å². The molecule has 0 aliphatic carbocycles. The van der Waals surface area contributed by atoms with E-state index in [0.29, 0.717) is 0 Å². The highest BCUT2D eigenvalue weighted by molar-refractivity contribution is 5.25. The van der Waals surface area contributed by atoms with Gasteiger partial charge in [-0.2, -0.15) is 0 Å². The Labute approximate surface area is 95.5 Å². The molecule has 0 saturated carbocycles. The summed E-state index contributed by atoms with van der Waals surface area (Å²) in [6.45, 7) is 5.81. The summed E-state index contributed by atoms with van der Waals surface area (Å²) in [7, 11) is 0. The van der Waals surface area contributed by atoms with Gasteiger partial charge in [0.05, 0.1) is 6.54 Å².